The van der Waals surface area contributed by atoms with Crippen molar-refractivity contribution >= 4 is 17.4 Å². The van der Waals surface area contributed by atoms with Crippen LogP contribution in [0.2, 0.25) is 0 Å². The first-order valence-corrected chi connectivity index (χ1v) is 10.5. The molecule has 0 radical (unpaired) electrons. The van der Waals surface area contributed by atoms with Gasteiger partial charge >= 0.3 is 0 Å². The fourth-order valence-electron chi connectivity index (χ4n) is 5.45. The molecule has 3 aliphatic rings. The molecule has 1 N–H and O–H groups in total. The second-order valence-electron chi connectivity index (χ2n) is 8.37. The Morgan fingerprint density at radius 2 is 1.93 bits per heavy atom. The molecule has 0 aromatic heterocycles. The lowest BCUT2D eigenvalue weighted by molar-refractivity contribution is -0.205. The highest BCUT2D eigenvalue weighted by Crippen LogP contribution is 2.54. The number of ether oxygens (including phenoxy) is 1. The number of nitrogens with zero attached hydrogens (tertiary/aromatic N) is 2. The van der Waals surface area contributed by atoms with Crippen molar-refractivity contribution in [1.82, 2.24) is 9.80 Å². The van der Waals surface area contributed by atoms with E-state index in [0.717, 1.165) is 18.4 Å². The van der Waals surface area contributed by atoms with Gasteiger partial charge in [0, 0.05) is 32.5 Å². The Balaban J connectivity index is 1.61. The number of amides is 2. The fraction of sp³-hybridized carbons (Fsp3) is 0.565. The number of aliphatic hydroxyl groups is 1. The summed E-state index contributed by atoms with van der Waals surface area (Å²) < 4.78 is 5.06. The average Bonchev–Trinajstić information content (AvgIpc) is 3.21. The van der Waals surface area contributed by atoms with Gasteiger partial charge in [0.05, 0.1) is 18.2 Å². The molecular weight excluding hydrogens is 368 g/mol. The molecule has 2 saturated heterocycles. The van der Waals surface area contributed by atoms with Gasteiger partial charge in [0.25, 0.3) is 0 Å². The first-order valence-electron chi connectivity index (χ1n) is 10.5. The molecule has 6 nitrogen and oxygen atoms in total. The van der Waals surface area contributed by atoms with E-state index in [4.69, 9.17) is 4.74 Å². The fourth-order valence-corrected chi connectivity index (χ4v) is 5.45. The van der Waals surface area contributed by atoms with Crippen LogP contribution in [0.4, 0.5) is 0 Å². The summed E-state index contributed by atoms with van der Waals surface area (Å²) in [6.45, 7) is 2.77. The molecule has 2 aliphatic heterocycles. The van der Waals surface area contributed by atoms with Gasteiger partial charge < -0.3 is 19.6 Å². The summed E-state index contributed by atoms with van der Waals surface area (Å²) >= 11 is 0. The SMILES string of the molecule is CCC(=O)N1CC2(C1)[C@H](c1ccc(C3=CCCC3)cc1)[C@H](CO)N2C(=O)COC. The van der Waals surface area contributed by atoms with Crippen molar-refractivity contribution in [3.8, 4) is 0 Å². The van der Waals surface area contributed by atoms with Crippen LogP contribution < -0.4 is 0 Å². The minimum atomic E-state index is -0.442. The number of benzene rings is 1. The van der Waals surface area contributed by atoms with E-state index < -0.39 is 5.54 Å². The van der Waals surface area contributed by atoms with E-state index in [2.05, 4.69) is 30.3 Å². The van der Waals surface area contributed by atoms with Crippen molar-refractivity contribution in [3.05, 3.63) is 41.5 Å². The summed E-state index contributed by atoms with van der Waals surface area (Å²) in [6, 6.07) is 8.29. The van der Waals surface area contributed by atoms with E-state index in [0.29, 0.717) is 19.5 Å². The molecule has 2 heterocycles. The largest absolute Gasteiger partial charge is 0.394 e. The minimum absolute atomic E-state index is 0.0141. The van der Waals surface area contributed by atoms with Crippen LogP contribution >= 0.6 is 0 Å². The van der Waals surface area contributed by atoms with Crippen molar-refractivity contribution in [2.45, 2.75) is 50.1 Å². The standard InChI is InChI=1S/C23H30N2O4/c1-3-20(27)24-14-23(15-24)22(19(12-26)25(23)21(28)13-29-2)18-10-8-17(9-11-18)16-6-4-5-7-16/h6,8-11,19,22,26H,3-5,7,12-15H2,1-2H3/t19-,22+/m0/s1. The average molecular weight is 399 g/mol. The summed E-state index contributed by atoms with van der Waals surface area (Å²) in [7, 11) is 1.50. The van der Waals surface area contributed by atoms with Crippen LogP contribution in [0, 0.1) is 0 Å². The predicted octanol–water partition coefficient (Wildman–Crippen LogP) is 2.18. The number of hydrogen-bond acceptors (Lipinski definition) is 4. The molecule has 2 amide bonds. The third-order valence-corrected chi connectivity index (χ3v) is 6.76. The van der Waals surface area contributed by atoms with Crippen molar-refractivity contribution in [2.75, 3.05) is 33.4 Å². The van der Waals surface area contributed by atoms with Gasteiger partial charge in [-0.15, -0.1) is 0 Å². The second-order valence-corrected chi connectivity index (χ2v) is 8.37. The first kappa shape index (κ1) is 20.1. The molecule has 0 bridgehead atoms. The number of rotatable bonds is 6. The molecule has 156 valence electrons. The van der Waals surface area contributed by atoms with E-state index in [1.165, 1.54) is 24.7 Å². The molecule has 1 spiro atoms. The van der Waals surface area contributed by atoms with Gasteiger partial charge in [-0.2, -0.15) is 0 Å². The van der Waals surface area contributed by atoms with Gasteiger partial charge in [0.1, 0.15) is 6.61 Å². The van der Waals surface area contributed by atoms with Crippen LogP contribution in [0.5, 0.6) is 0 Å². The number of hydrogen-bond donors (Lipinski definition) is 1. The van der Waals surface area contributed by atoms with E-state index in [1.807, 2.05) is 11.8 Å². The minimum Gasteiger partial charge on any atom is -0.394 e. The normalized spacial score (nSPS) is 24.9. The Bertz CT molecular complexity index is 811. The molecule has 1 aliphatic carbocycles. The van der Waals surface area contributed by atoms with Gasteiger partial charge in [0.2, 0.25) is 11.8 Å². The van der Waals surface area contributed by atoms with Gasteiger partial charge in [-0.3, -0.25) is 9.59 Å². The molecule has 6 heteroatoms. The van der Waals surface area contributed by atoms with Crippen LogP contribution in [-0.2, 0) is 14.3 Å². The predicted molar refractivity (Wildman–Crippen MR) is 110 cm³/mol. The van der Waals surface area contributed by atoms with Gasteiger partial charge in [0.15, 0.2) is 0 Å². The maximum Gasteiger partial charge on any atom is 0.249 e. The molecule has 2 atom stereocenters. The van der Waals surface area contributed by atoms with Crippen molar-refractivity contribution in [2.24, 2.45) is 0 Å². The van der Waals surface area contributed by atoms with E-state index in [-0.39, 0.29) is 37.0 Å². The van der Waals surface area contributed by atoms with Crippen molar-refractivity contribution in [1.29, 1.82) is 0 Å². The Kier molecular flexibility index (Phi) is 5.49. The van der Waals surface area contributed by atoms with Crippen LogP contribution in [0.15, 0.2) is 30.3 Å². The number of allylic oxidation sites excluding steroid dienone is 2. The van der Waals surface area contributed by atoms with Gasteiger partial charge in [-0.25, -0.2) is 0 Å². The third-order valence-electron chi connectivity index (χ3n) is 6.76. The first-order chi connectivity index (χ1) is 14.1. The zero-order valence-electron chi connectivity index (χ0n) is 17.3. The van der Waals surface area contributed by atoms with Crippen LogP contribution in [-0.4, -0.2) is 71.7 Å². The lowest BCUT2D eigenvalue weighted by atomic mass is 9.60. The Morgan fingerprint density at radius 3 is 2.48 bits per heavy atom. The molecular formula is C23H30N2O4. The topological polar surface area (TPSA) is 70.1 Å². The third kappa shape index (κ3) is 3.19. The summed E-state index contributed by atoms with van der Waals surface area (Å²) in [5, 5.41) is 10.1. The maximum atomic E-state index is 12.7. The highest BCUT2D eigenvalue weighted by molar-refractivity contribution is 5.83. The highest BCUT2D eigenvalue weighted by atomic mass is 16.5. The van der Waals surface area contributed by atoms with Crippen LogP contribution in [0.3, 0.4) is 0 Å². The molecule has 1 aromatic carbocycles. The second kappa shape index (κ2) is 7.92. The molecule has 1 aromatic rings. The maximum absolute atomic E-state index is 12.7. The zero-order valence-corrected chi connectivity index (χ0v) is 17.3. The quantitative estimate of drug-likeness (QED) is 0.797. The van der Waals surface area contributed by atoms with Gasteiger partial charge in [-0.1, -0.05) is 37.3 Å². The number of carbonyl (C=O) groups excluding carboxylic acids is 2. The van der Waals surface area contributed by atoms with Crippen molar-refractivity contribution < 1.29 is 19.4 Å². The summed E-state index contributed by atoms with van der Waals surface area (Å²) in [4.78, 5) is 28.5. The molecule has 0 saturated carbocycles. The lowest BCUT2D eigenvalue weighted by Gasteiger charge is -2.70. The molecule has 29 heavy (non-hydrogen) atoms. The van der Waals surface area contributed by atoms with Crippen LogP contribution in [0.25, 0.3) is 5.57 Å². The number of likely N-dealkylation sites (tertiary alicyclic amines) is 2. The molecule has 4 rings (SSSR count). The Morgan fingerprint density at radius 1 is 1.21 bits per heavy atom. The number of carbonyl (C=O) groups is 2. The Hall–Kier alpha value is -2.18. The van der Waals surface area contributed by atoms with Gasteiger partial charge in [-0.05, 0) is 36.0 Å². The summed E-state index contributed by atoms with van der Waals surface area (Å²) in [5.74, 6) is -0.00979. The van der Waals surface area contributed by atoms with E-state index in [1.54, 1.807) is 4.90 Å². The molecule has 2 fully saturated rings. The zero-order chi connectivity index (χ0) is 20.6. The highest BCUT2D eigenvalue weighted by Gasteiger charge is 2.67. The van der Waals surface area contributed by atoms with E-state index >= 15 is 0 Å². The Labute approximate surface area is 172 Å². The smallest absolute Gasteiger partial charge is 0.249 e. The van der Waals surface area contributed by atoms with Crippen molar-refractivity contribution in [3.63, 3.8) is 0 Å². The summed E-state index contributed by atoms with van der Waals surface area (Å²) in [6.07, 6.45) is 6.25. The number of methoxy groups -OCH3 is 1. The monoisotopic (exact) mass is 398 g/mol. The van der Waals surface area contributed by atoms with Crippen LogP contribution in [0.1, 0.15) is 49.7 Å². The van der Waals surface area contributed by atoms with E-state index in [9.17, 15) is 14.7 Å². The molecule has 0 unspecified atom stereocenters. The summed E-state index contributed by atoms with van der Waals surface area (Å²) in [5.41, 5.74) is 3.33. The number of aliphatic hydroxyl groups excluding tert-OH is 1. The lowest BCUT2D eigenvalue weighted by Crippen LogP contribution is -2.86.